The molecule has 0 amide bonds. The van der Waals surface area contributed by atoms with Gasteiger partial charge in [0, 0.05) is 5.57 Å². The van der Waals surface area contributed by atoms with Crippen molar-refractivity contribution in [1.82, 2.24) is 0 Å². The van der Waals surface area contributed by atoms with Crippen LogP contribution >= 0.6 is 0 Å². The van der Waals surface area contributed by atoms with Crippen LogP contribution in [0.2, 0.25) is 0 Å². The third kappa shape index (κ3) is 2.54. The van der Waals surface area contributed by atoms with Crippen molar-refractivity contribution in [3.8, 4) is 0 Å². The number of aliphatic carboxylic acids is 1. The summed E-state index contributed by atoms with van der Waals surface area (Å²) in [5.41, 5.74) is 0.335. The molecule has 0 radical (unpaired) electrons. The summed E-state index contributed by atoms with van der Waals surface area (Å²) >= 11 is 0. The van der Waals surface area contributed by atoms with E-state index in [1.807, 2.05) is 6.92 Å². The Morgan fingerprint density at radius 2 is 2.24 bits per heavy atom. The molecule has 0 heterocycles. The molecule has 3 nitrogen and oxygen atoms in total. The predicted molar refractivity (Wildman–Crippen MR) is 65.8 cm³/mol. The number of hydrogen-bond donors (Lipinski definition) is 1. The van der Waals surface area contributed by atoms with E-state index in [-0.39, 0.29) is 11.7 Å². The number of hydrogen-bond acceptors (Lipinski definition) is 2. The van der Waals surface area contributed by atoms with Crippen LogP contribution in [0.3, 0.4) is 0 Å². The maximum Gasteiger partial charge on any atom is 0.331 e. The Morgan fingerprint density at radius 1 is 1.53 bits per heavy atom. The molecular weight excluding hydrogens is 216 g/mol. The Kier molecular flexibility index (Phi) is 3.30. The van der Waals surface area contributed by atoms with E-state index in [1.165, 1.54) is 19.3 Å². The highest BCUT2D eigenvalue weighted by Gasteiger charge is 2.49. The lowest BCUT2D eigenvalue weighted by Crippen LogP contribution is -2.37. The van der Waals surface area contributed by atoms with Crippen LogP contribution < -0.4 is 0 Å². The van der Waals surface area contributed by atoms with Crippen molar-refractivity contribution in [2.75, 3.05) is 0 Å². The second-order valence-electron chi connectivity index (χ2n) is 5.87. The van der Waals surface area contributed by atoms with Crippen LogP contribution in [0.5, 0.6) is 0 Å². The van der Waals surface area contributed by atoms with Gasteiger partial charge in [-0.1, -0.05) is 0 Å². The molecule has 0 spiro atoms. The summed E-state index contributed by atoms with van der Waals surface area (Å²) in [6.45, 7) is 5.74. The van der Waals surface area contributed by atoms with Crippen LogP contribution in [0.15, 0.2) is 11.6 Å². The monoisotopic (exact) mass is 238 g/mol. The second-order valence-corrected chi connectivity index (χ2v) is 5.87. The van der Waals surface area contributed by atoms with Crippen LogP contribution in [0.4, 0.5) is 0 Å². The van der Waals surface area contributed by atoms with E-state index in [1.54, 1.807) is 13.0 Å². The van der Waals surface area contributed by atoms with Gasteiger partial charge in [-0.3, -0.25) is 0 Å². The summed E-state index contributed by atoms with van der Waals surface area (Å²) in [6.07, 6.45) is 6.65. The van der Waals surface area contributed by atoms with Crippen LogP contribution in [-0.4, -0.2) is 22.8 Å². The number of fused-ring (bicyclic) bond motifs is 2. The first-order valence-electron chi connectivity index (χ1n) is 6.50. The van der Waals surface area contributed by atoms with E-state index in [0.29, 0.717) is 11.5 Å². The Balaban J connectivity index is 1.97. The van der Waals surface area contributed by atoms with Crippen molar-refractivity contribution in [2.45, 2.75) is 58.2 Å². The van der Waals surface area contributed by atoms with E-state index < -0.39 is 5.97 Å². The van der Waals surface area contributed by atoms with Crippen molar-refractivity contribution >= 4 is 5.97 Å². The fraction of sp³-hybridized carbons (Fsp3) is 0.786. The first-order chi connectivity index (χ1) is 7.90. The van der Waals surface area contributed by atoms with Crippen molar-refractivity contribution in [2.24, 2.45) is 11.8 Å². The van der Waals surface area contributed by atoms with Gasteiger partial charge in [0.1, 0.15) is 0 Å². The van der Waals surface area contributed by atoms with Gasteiger partial charge < -0.3 is 9.84 Å². The van der Waals surface area contributed by atoms with Crippen LogP contribution in [0.1, 0.15) is 46.5 Å². The zero-order valence-electron chi connectivity index (χ0n) is 10.9. The molecule has 4 unspecified atom stereocenters. The summed E-state index contributed by atoms with van der Waals surface area (Å²) in [6, 6.07) is 0. The van der Waals surface area contributed by atoms with Gasteiger partial charge >= 0.3 is 5.97 Å². The number of carboxylic acids is 1. The van der Waals surface area contributed by atoms with Crippen molar-refractivity contribution < 1.29 is 14.6 Å². The molecule has 2 bridgehead atoms. The zero-order valence-corrected chi connectivity index (χ0v) is 10.9. The molecular formula is C14H22O3. The van der Waals surface area contributed by atoms with Gasteiger partial charge in [-0.2, -0.15) is 0 Å². The number of rotatable bonds is 4. The minimum Gasteiger partial charge on any atom is -0.478 e. The molecule has 0 saturated heterocycles. The summed E-state index contributed by atoms with van der Waals surface area (Å²) in [5, 5.41) is 8.84. The van der Waals surface area contributed by atoms with Gasteiger partial charge in [-0.05, 0) is 64.4 Å². The molecule has 96 valence electrons. The first kappa shape index (κ1) is 12.6. The Hall–Kier alpha value is -0.830. The second kappa shape index (κ2) is 4.45. The predicted octanol–water partition coefficient (Wildman–Crippen LogP) is 3.00. The van der Waals surface area contributed by atoms with Gasteiger partial charge in [0.25, 0.3) is 0 Å². The molecule has 0 aromatic carbocycles. The van der Waals surface area contributed by atoms with Gasteiger partial charge in [0.15, 0.2) is 0 Å². The molecule has 2 rings (SSSR count). The van der Waals surface area contributed by atoms with Crippen LogP contribution in [0.25, 0.3) is 0 Å². The summed E-state index contributed by atoms with van der Waals surface area (Å²) < 4.78 is 6.11. The summed E-state index contributed by atoms with van der Waals surface area (Å²) in [4.78, 5) is 10.8. The van der Waals surface area contributed by atoms with Crippen molar-refractivity contribution in [1.29, 1.82) is 0 Å². The zero-order chi connectivity index (χ0) is 12.6. The van der Waals surface area contributed by atoms with E-state index in [9.17, 15) is 4.79 Å². The highest BCUT2D eigenvalue weighted by molar-refractivity contribution is 5.85. The normalized spacial score (nSPS) is 38.4. The molecule has 4 atom stereocenters. The average Bonchev–Trinajstić information content (AvgIpc) is 2.75. The lowest BCUT2D eigenvalue weighted by molar-refractivity contribution is -0.132. The molecule has 2 fully saturated rings. The topological polar surface area (TPSA) is 46.5 Å². The van der Waals surface area contributed by atoms with E-state index in [4.69, 9.17) is 9.84 Å². The Morgan fingerprint density at radius 3 is 2.71 bits per heavy atom. The van der Waals surface area contributed by atoms with E-state index in [0.717, 1.165) is 12.3 Å². The number of carbonyl (C=O) groups is 1. The fourth-order valence-corrected chi connectivity index (χ4v) is 3.58. The van der Waals surface area contributed by atoms with E-state index >= 15 is 0 Å². The minimum atomic E-state index is -0.862. The smallest absolute Gasteiger partial charge is 0.331 e. The maximum atomic E-state index is 10.8. The quantitative estimate of drug-likeness (QED) is 0.766. The third-order valence-corrected chi connectivity index (χ3v) is 4.38. The van der Waals surface area contributed by atoms with Crippen LogP contribution in [0, 0.1) is 11.8 Å². The lowest BCUT2D eigenvalue weighted by atomic mass is 9.85. The molecule has 1 N–H and O–H groups in total. The highest BCUT2D eigenvalue weighted by atomic mass is 16.5. The molecule has 17 heavy (non-hydrogen) atoms. The standard InChI is InChI=1S/C14H22O3/c1-9(13(15)16)6-10(2)17-14(3)8-11-4-5-12(14)7-11/h6,10-12H,4-5,7-8H2,1-3H3,(H,15,16). The van der Waals surface area contributed by atoms with Gasteiger partial charge in [0.2, 0.25) is 0 Å². The molecule has 2 saturated carbocycles. The Bertz CT molecular complexity index is 347. The van der Waals surface area contributed by atoms with Crippen molar-refractivity contribution in [3.63, 3.8) is 0 Å². The van der Waals surface area contributed by atoms with Crippen molar-refractivity contribution in [3.05, 3.63) is 11.6 Å². The molecule has 0 aromatic rings. The lowest BCUT2D eigenvalue weighted by Gasteiger charge is -2.36. The van der Waals surface area contributed by atoms with E-state index in [2.05, 4.69) is 6.92 Å². The summed E-state index contributed by atoms with van der Waals surface area (Å²) in [5.74, 6) is 0.647. The molecule has 0 aromatic heterocycles. The molecule has 3 heteroatoms. The molecule has 2 aliphatic carbocycles. The molecule has 0 aliphatic heterocycles. The fourth-order valence-electron chi connectivity index (χ4n) is 3.58. The maximum absolute atomic E-state index is 10.8. The summed E-state index contributed by atoms with van der Waals surface area (Å²) in [7, 11) is 0. The SMILES string of the molecule is CC(=CC(C)OC1(C)CC2CCC1C2)C(=O)O. The van der Waals surface area contributed by atoms with Gasteiger partial charge in [-0.25, -0.2) is 4.79 Å². The average molecular weight is 238 g/mol. The largest absolute Gasteiger partial charge is 0.478 e. The van der Waals surface area contributed by atoms with Gasteiger partial charge in [-0.15, -0.1) is 0 Å². The first-order valence-corrected chi connectivity index (χ1v) is 6.50. The Labute approximate surface area is 103 Å². The van der Waals surface area contributed by atoms with Gasteiger partial charge in [0.05, 0.1) is 11.7 Å². The third-order valence-electron chi connectivity index (χ3n) is 4.38. The number of carboxylic acid groups (broad SMARTS) is 1. The van der Waals surface area contributed by atoms with Crippen LogP contribution in [-0.2, 0) is 9.53 Å². The number of ether oxygens (including phenoxy) is 1. The molecule has 2 aliphatic rings. The minimum absolute atomic E-state index is 0.0301. The highest BCUT2D eigenvalue weighted by Crippen LogP contribution is 2.52.